The van der Waals surface area contributed by atoms with Crippen molar-refractivity contribution in [1.82, 2.24) is 0 Å². The highest BCUT2D eigenvalue weighted by atomic mass is 31.0. The number of benzene rings is 1. The Morgan fingerprint density at radius 1 is 1.00 bits per heavy atom. The molecule has 0 bridgehead atoms. The zero-order chi connectivity index (χ0) is 9.61. The zero-order valence-electron chi connectivity index (χ0n) is 6.01. The van der Waals surface area contributed by atoms with E-state index in [9.17, 15) is 13.2 Å². The van der Waals surface area contributed by atoms with E-state index in [1.165, 1.54) is 21.3 Å². The molecule has 0 aromatic heterocycles. The lowest BCUT2D eigenvalue weighted by atomic mass is 10.2. The Bertz CT molecular complexity index is 222. The van der Waals surface area contributed by atoms with Gasteiger partial charge in [0.05, 0.1) is 5.56 Å². The second kappa shape index (κ2) is 4.88. The molecular weight excluding hydrogens is 188 g/mol. The average Bonchev–Trinajstić information content (AvgIpc) is 2.08. The summed E-state index contributed by atoms with van der Waals surface area (Å²) < 4.78 is 43.5. The van der Waals surface area contributed by atoms with Crippen molar-refractivity contribution < 1.29 is 17.7 Å². The van der Waals surface area contributed by atoms with Gasteiger partial charge in [0.15, 0.2) is 0 Å². The van der Waals surface area contributed by atoms with Crippen LogP contribution in [0.25, 0.3) is 0 Å². The third-order valence-corrected chi connectivity index (χ3v) is 1.10. The molecule has 0 radical (unpaired) electrons. The number of halogens is 3. The maximum absolute atomic E-state index is 11.8. The molecule has 1 aromatic carbocycles. The van der Waals surface area contributed by atoms with Gasteiger partial charge in [-0.25, -0.2) is 0 Å². The van der Waals surface area contributed by atoms with Crippen LogP contribution in [0.5, 0.6) is 0 Å². The van der Waals surface area contributed by atoms with Gasteiger partial charge in [0.1, 0.15) is 0 Å². The summed E-state index contributed by atoms with van der Waals surface area (Å²) in [5, 5.41) is 0. The van der Waals surface area contributed by atoms with Crippen molar-refractivity contribution in [3.8, 4) is 0 Å². The lowest BCUT2D eigenvalue weighted by Crippen LogP contribution is -2.03. The number of rotatable bonds is 0. The maximum Gasteiger partial charge on any atom is 0.416 e. The van der Waals surface area contributed by atoms with Gasteiger partial charge in [-0.15, -0.1) is 0 Å². The average molecular weight is 195 g/mol. The molecule has 0 amide bonds. The minimum Gasteiger partial charge on any atom is -0.166 e. The van der Waals surface area contributed by atoms with Crippen molar-refractivity contribution in [3.63, 3.8) is 0 Å². The Kier molecular flexibility index (Phi) is 4.52. The van der Waals surface area contributed by atoms with E-state index in [4.69, 9.17) is 4.57 Å². The molecule has 0 N–H and O–H groups in total. The van der Waals surface area contributed by atoms with E-state index in [2.05, 4.69) is 0 Å². The molecule has 1 atom stereocenters. The zero-order valence-corrected chi connectivity index (χ0v) is 7.16. The molecule has 1 rings (SSSR count). The van der Waals surface area contributed by atoms with Gasteiger partial charge in [-0.05, 0) is 0 Å². The van der Waals surface area contributed by atoms with Crippen molar-refractivity contribution in [2.45, 2.75) is 6.18 Å². The minimum absolute atomic E-state index is 0.602. The van der Waals surface area contributed by atoms with Crippen molar-refractivity contribution >= 4 is 9.12 Å². The first-order valence-electron chi connectivity index (χ1n) is 2.96. The molecule has 0 aliphatic heterocycles. The van der Waals surface area contributed by atoms with Gasteiger partial charge in [0.25, 0.3) is 0 Å². The summed E-state index contributed by atoms with van der Waals surface area (Å²) in [6.07, 6.45) is -4.21. The van der Waals surface area contributed by atoms with Gasteiger partial charge >= 0.3 is 15.3 Å². The van der Waals surface area contributed by atoms with Crippen LogP contribution in [0.15, 0.2) is 30.3 Å². The molecule has 0 spiro atoms. The van der Waals surface area contributed by atoms with E-state index in [1.807, 2.05) is 0 Å². The molecule has 5 heteroatoms. The Hall–Kier alpha value is -0.890. The van der Waals surface area contributed by atoms with Gasteiger partial charge in [0.2, 0.25) is 0 Å². The third-order valence-electron chi connectivity index (χ3n) is 1.10. The summed E-state index contributed by atoms with van der Waals surface area (Å²) in [6, 6.07) is 6.36. The fraction of sp³-hybridized carbons (Fsp3) is 0.143. The fourth-order valence-electron chi connectivity index (χ4n) is 0.627. The maximum atomic E-state index is 11.8. The van der Waals surface area contributed by atoms with Crippen molar-refractivity contribution in [2.24, 2.45) is 0 Å². The highest BCUT2D eigenvalue weighted by Crippen LogP contribution is 2.28. The van der Waals surface area contributed by atoms with Crippen LogP contribution in [-0.4, -0.2) is 0 Å². The predicted molar refractivity (Wildman–Crippen MR) is 41.8 cm³/mol. The third kappa shape index (κ3) is 3.49. The number of hydrogen-bond donors (Lipinski definition) is 0. The van der Waals surface area contributed by atoms with Crippen molar-refractivity contribution in [2.75, 3.05) is 0 Å². The molecule has 0 heterocycles. The van der Waals surface area contributed by atoms with E-state index >= 15 is 0 Å². The molecule has 0 aliphatic carbocycles. The molecule has 1 aromatic rings. The lowest BCUT2D eigenvalue weighted by Gasteiger charge is -2.03. The second-order valence-corrected chi connectivity index (χ2v) is 1.86. The molecule has 0 fully saturated rings. The fourth-order valence-corrected chi connectivity index (χ4v) is 0.627. The highest BCUT2D eigenvalue weighted by molar-refractivity contribution is 7.00. The van der Waals surface area contributed by atoms with Crippen molar-refractivity contribution in [3.05, 3.63) is 35.9 Å². The smallest absolute Gasteiger partial charge is 0.166 e. The van der Waals surface area contributed by atoms with Crippen LogP contribution < -0.4 is 0 Å². The normalized spacial score (nSPS) is 9.92. The quantitative estimate of drug-likeness (QED) is 0.581. The van der Waals surface area contributed by atoms with Crippen LogP contribution >= 0.6 is 9.12 Å². The molecule has 0 saturated heterocycles. The minimum atomic E-state index is -4.21. The molecule has 66 valence electrons. The van der Waals surface area contributed by atoms with E-state index in [0.29, 0.717) is 0 Å². The molecule has 12 heavy (non-hydrogen) atoms. The van der Waals surface area contributed by atoms with Gasteiger partial charge in [-0.3, -0.25) is 0 Å². The molecule has 0 aliphatic rings. The molecule has 1 unspecified atom stereocenters. The van der Waals surface area contributed by atoms with E-state index in [1.54, 1.807) is 6.07 Å². The van der Waals surface area contributed by atoms with Crippen LogP contribution in [-0.2, 0) is 10.7 Å². The standard InChI is InChI=1S/C7H5F3.H2OP/c8-7(9,10)6-4-2-1-3-5-6;1-2/h1-5H;2H2/q;+1. The Morgan fingerprint density at radius 3 is 1.67 bits per heavy atom. The number of alkyl halides is 3. The first-order valence-corrected chi connectivity index (χ1v) is 3.43. The van der Waals surface area contributed by atoms with Gasteiger partial charge in [0, 0.05) is 0 Å². The van der Waals surface area contributed by atoms with Gasteiger partial charge < -0.3 is 0 Å². The summed E-state index contributed by atoms with van der Waals surface area (Å²) >= 11 is 0. The molecule has 1 nitrogen and oxygen atoms in total. The van der Waals surface area contributed by atoms with Gasteiger partial charge in [-0.2, -0.15) is 13.2 Å². The second-order valence-electron chi connectivity index (χ2n) is 1.86. The summed E-state index contributed by atoms with van der Waals surface area (Å²) in [4.78, 5) is 0. The Labute approximate surface area is 69.8 Å². The van der Waals surface area contributed by atoms with Gasteiger partial charge in [-0.1, -0.05) is 34.9 Å². The monoisotopic (exact) mass is 195 g/mol. The summed E-state index contributed by atoms with van der Waals surface area (Å²) in [7, 11) is 1.17. The van der Waals surface area contributed by atoms with Crippen LogP contribution in [0.2, 0.25) is 0 Å². The first kappa shape index (κ1) is 11.1. The van der Waals surface area contributed by atoms with E-state index < -0.39 is 11.7 Å². The molecule has 0 saturated carbocycles. The predicted octanol–water partition coefficient (Wildman–Crippen LogP) is 2.91. The topological polar surface area (TPSA) is 17.1 Å². The van der Waals surface area contributed by atoms with Crippen LogP contribution in [0, 0.1) is 0 Å². The van der Waals surface area contributed by atoms with Crippen LogP contribution in [0.3, 0.4) is 0 Å². The van der Waals surface area contributed by atoms with Crippen LogP contribution in [0.1, 0.15) is 5.56 Å². The van der Waals surface area contributed by atoms with E-state index in [-0.39, 0.29) is 0 Å². The lowest BCUT2D eigenvalue weighted by molar-refractivity contribution is -0.137. The summed E-state index contributed by atoms with van der Waals surface area (Å²) in [5.74, 6) is 0. The highest BCUT2D eigenvalue weighted by Gasteiger charge is 2.29. The largest absolute Gasteiger partial charge is 0.416 e. The van der Waals surface area contributed by atoms with Crippen molar-refractivity contribution in [1.29, 1.82) is 0 Å². The Balaban J connectivity index is 0.000000561. The van der Waals surface area contributed by atoms with E-state index in [0.717, 1.165) is 12.1 Å². The SMILES string of the molecule is FC(F)(F)c1ccccc1.O=[PH2+]. The Morgan fingerprint density at radius 2 is 1.42 bits per heavy atom. The van der Waals surface area contributed by atoms with Crippen LogP contribution in [0.4, 0.5) is 13.2 Å². The first-order chi connectivity index (χ1) is 5.61. The summed E-state index contributed by atoms with van der Waals surface area (Å²) in [5.41, 5.74) is -0.602. The molecular formula is C7H7F3OP+. The number of hydrogen-bond acceptors (Lipinski definition) is 1. The summed E-state index contributed by atoms with van der Waals surface area (Å²) in [6.45, 7) is 0.